The second kappa shape index (κ2) is 14.0. The Bertz CT molecular complexity index is 1330. The first-order valence-corrected chi connectivity index (χ1v) is 14.5. The highest BCUT2D eigenvalue weighted by Crippen LogP contribution is 2.23. The van der Waals surface area contributed by atoms with Gasteiger partial charge in [-0.15, -0.1) is 0 Å². The van der Waals surface area contributed by atoms with Crippen LogP contribution in [0.5, 0.6) is 0 Å². The number of unbranched alkanes of at least 4 members (excludes halogenated alkanes) is 1. The Labute approximate surface area is 243 Å². The van der Waals surface area contributed by atoms with Crippen molar-refractivity contribution in [1.29, 1.82) is 0 Å². The Morgan fingerprint density at radius 2 is 1.52 bits per heavy atom. The number of hydrogen-bond acceptors (Lipinski definition) is 4. The SMILES string of the molecule is CCCCNC(=O)[C@@H](Cc1ccccc1)N(Cc1cccc(Br)c1)C(=O)CCCN1C(=O)c2ccccc2C1=O. The molecule has 0 radical (unpaired) electrons. The number of amides is 4. The van der Waals surface area contributed by atoms with Gasteiger partial charge in [-0.3, -0.25) is 24.1 Å². The van der Waals surface area contributed by atoms with Gasteiger partial charge in [0.15, 0.2) is 0 Å². The van der Waals surface area contributed by atoms with E-state index in [1.54, 1.807) is 29.2 Å². The number of benzene rings is 3. The van der Waals surface area contributed by atoms with Crippen LogP contribution in [0.25, 0.3) is 0 Å². The van der Waals surface area contributed by atoms with E-state index in [-0.39, 0.29) is 43.1 Å². The number of rotatable bonds is 13. The van der Waals surface area contributed by atoms with Gasteiger partial charge in [-0.1, -0.05) is 83.9 Å². The van der Waals surface area contributed by atoms with E-state index in [1.807, 2.05) is 54.6 Å². The normalized spacial score (nSPS) is 13.2. The van der Waals surface area contributed by atoms with E-state index < -0.39 is 6.04 Å². The molecule has 1 N–H and O–H groups in total. The van der Waals surface area contributed by atoms with Crippen molar-refractivity contribution >= 4 is 39.6 Å². The second-order valence-corrected chi connectivity index (χ2v) is 10.8. The molecule has 4 amide bonds. The summed E-state index contributed by atoms with van der Waals surface area (Å²) in [7, 11) is 0. The van der Waals surface area contributed by atoms with Gasteiger partial charge in [0.05, 0.1) is 11.1 Å². The minimum absolute atomic E-state index is 0.0922. The fraction of sp³-hybridized carbons (Fsp3) is 0.312. The van der Waals surface area contributed by atoms with Crippen LogP contribution >= 0.6 is 15.9 Å². The van der Waals surface area contributed by atoms with E-state index in [2.05, 4.69) is 28.2 Å². The molecule has 0 spiro atoms. The van der Waals surface area contributed by atoms with Crippen LogP contribution in [0.15, 0.2) is 83.3 Å². The molecule has 0 fully saturated rings. The van der Waals surface area contributed by atoms with Crippen molar-refractivity contribution in [2.75, 3.05) is 13.1 Å². The van der Waals surface area contributed by atoms with Crippen LogP contribution in [0.2, 0.25) is 0 Å². The first-order chi connectivity index (χ1) is 19.4. The van der Waals surface area contributed by atoms with Crippen LogP contribution in [-0.2, 0) is 22.6 Å². The predicted octanol–water partition coefficient (Wildman–Crippen LogP) is 5.38. The van der Waals surface area contributed by atoms with Crippen molar-refractivity contribution in [3.63, 3.8) is 0 Å². The fourth-order valence-electron chi connectivity index (χ4n) is 4.87. The second-order valence-electron chi connectivity index (χ2n) is 9.91. The molecule has 1 atom stereocenters. The molecule has 0 saturated carbocycles. The average molecular weight is 605 g/mol. The molecule has 7 nitrogen and oxygen atoms in total. The van der Waals surface area contributed by atoms with Gasteiger partial charge in [0.2, 0.25) is 11.8 Å². The minimum atomic E-state index is -0.718. The van der Waals surface area contributed by atoms with Crippen LogP contribution in [0.1, 0.15) is 64.4 Å². The highest BCUT2D eigenvalue weighted by atomic mass is 79.9. The monoisotopic (exact) mass is 603 g/mol. The van der Waals surface area contributed by atoms with E-state index in [1.165, 1.54) is 4.90 Å². The highest BCUT2D eigenvalue weighted by molar-refractivity contribution is 9.10. The zero-order valence-electron chi connectivity index (χ0n) is 22.6. The predicted molar refractivity (Wildman–Crippen MR) is 158 cm³/mol. The van der Waals surface area contributed by atoms with Crippen molar-refractivity contribution in [2.24, 2.45) is 0 Å². The van der Waals surface area contributed by atoms with Gasteiger partial charge in [-0.05, 0) is 48.2 Å². The molecule has 40 heavy (non-hydrogen) atoms. The summed E-state index contributed by atoms with van der Waals surface area (Å²) in [6, 6.07) is 23.4. The van der Waals surface area contributed by atoms with Crippen LogP contribution in [0.3, 0.4) is 0 Å². The van der Waals surface area contributed by atoms with E-state index in [9.17, 15) is 19.2 Å². The summed E-state index contributed by atoms with van der Waals surface area (Å²) in [6.45, 7) is 2.99. The fourth-order valence-corrected chi connectivity index (χ4v) is 5.31. The molecule has 8 heteroatoms. The first-order valence-electron chi connectivity index (χ1n) is 13.7. The zero-order chi connectivity index (χ0) is 28.5. The van der Waals surface area contributed by atoms with Gasteiger partial charge in [0.25, 0.3) is 11.8 Å². The number of carbonyl (C=O) groups is 4. The number of hydrogen-bond donors (Lipinski definition) is 1. The summed E-state index contributed by atoms with van der Waals surface area (Å²) in [6.07, 6.45) is 2.56. The standard InChI is InChI=1S/C32H34BrN3O4/c1-2-3-18-34-30(38)28(21-23-11-5-4-6-12-23)36(22-24-13-9-14-25(33)20-24)29(37)17-10-19-35-31(39)26-15-7-8-16-27(26)32(35)40/h4-9,11-16,20,28H,2-3,10,17-19,21-22H2,1H3,(H,34,38)/t28-/m1/s1. The van der Waals surface area contributed by atoms with Gasteiger partial charge >= 0.3 is 0 Å². The third-order valence-corrected chi connectivity index (χ3v) is 7.49. The molecule has 0 aromatic heterocycles. The molecule has 3 aromatic rings. The van der Waals surface area contributed by atoms with Gasteiger partial charge in [0, 0.05) is 36.9 Å². The van der Waals surface area contributed by atoms with Gasteiger partial charge < -0.3 is 10.2 Å². The Kier molecular flexibility index (Phi) is 10.2. The van der Waals surface area contributed by atoms with Crippen molar-refractivity contribution in [3.8, 4) is 0 Å². The lowest BCUT2D eigenvalue weighted by Crippen LogP contribution is -2.50. The number of imide groups is 1. The van der Waals surface area contributed by atoms with Crippen LogP contribution < -0.4 is 5.32 Å². The summed E-state index contributed by atoms with van der Waals surface area (Å²) >= 11 is 3.50. The molecule has 3 aromatic carbocycles. The van der Waals surface area contributed by atoms with Crippen LogP contribution in [0, 0.1) is 0 Å². The molecular weight excluding hydrogens is 570 g/mol. The summed E-state index contributed by atoms with van der Waals surface area (Å²) in [5.74, 6) is -1.07. The molecule has 0 saturated heterocycles. The van der Waals surface area contributed by atoms with Crippen molar-refractivity contribution < 1.29 is 19.2 Å². The maximum absolute atomic E-state index is 13.8. The van der Waals surface area contributed by atoms with E-state index >= 15 is 0 Å². The van der Waals surface area contributed by atoms with Crippen molar-refractivity contribution in [3.05, 3.63) is 106 Å². The van der Waals surface area contributed by atoms with Gasteiger partial charge in [0.1, 0.15) is 6.04 Å². The summed E-state index contributed by atoms with van der Waals surface area (Å²) in [5.41, 5.74) is 2.63. The lowest BCUT2D eigenvalue weighted by atomic mass is 10.0. The number of fused-ring (bicyclic) bond motifs is 1. The molecular formula is C32H34BrN3O4. The Balaban J connectivity index is 1.53. The van der Waals surface area contributed by atoms with Crippen LogP contribution in [-0.4, -0.2) is 52.6 Å². The van der Waals surface area contributed by atoms with Crippen LogP contribution in [0.4, 0.5) is 0 Å². The Hall–Kier alpha value is -3.78. The highest BCUT2D eigenvalue weighted by Gasteiger charge is 2.35. The molecule has 208 valence electrons. The van der Waals surface area contributed by atoms with Crippen molar-refractivity contribution in [2.45, 2.75) is 51.6 Å². The number of nitrogens with zero attached hydrogens (tertiary/aromatic N) is 2. The van der Waals surface area contributed by atoms with E-state index in [4.69, 9.17) is 0 Å². The lowest BCUT2D eigenvalue weighted by molar-refractivity contribution is -0.141. The summed E-state index contributed by atoms with van der Waals surface area (Å²) in [4.78, 5) is 55.7. The minimum Gasteiger partial charge on any atom is -0.354 e. The summed E-state index contributed by atoms with van der Waals surface area (Å²) < 4.78 is 0.884. The largest absolute Gasteiger partial charge is 0.354 e. The molecule has 0 aliphatic carbocycles. The topological polar surface area (TPSA) is 86.8 Å². The zero-order valence-corrected chi connectivity index (χ0v) is 24.2. The average Bonchev–Trinajstić information content (AvgIpc) is 3.20. The molecule has 1 aliphatic heterocycles. The smallest absolute Gasteiger partial charge is 0.261 e. The molecule has 0 bridgehead atoms. The molecule has 1 aliphatic rings. The number of nitrogens with one attached hydrogen (secondary N) is 1. The third-order valence-electron chi connectivity index (χ3n) is 6.99. The maximum Gasteiger partial charge on any atom is 0.261 e. The molecule has 1 heterocycles. The number of halogens is 1. The van der Waals surface area contributed by atoms with Crippen molar-refractivity contribution in [1.82, 2.24) is 15.1 Å². The first kappa shape index (κ1) is 29.2. The summed E-state index contributed by atoms with van der Waals surface area (Å²) in [5, 5.41) is 3.02. The number of carbonyl (C=O) groups excluding carboxylic acids is 4. The quantitative estimate of drug-likeness (QED) is 0.210. The van der Waals surface area contributed by atoms with E-state index in [0.29, 0.717) is 30.5 Å². The van der Waals surface area contributed by atoms with Gasteiger partial charge in [-0.2, -0.15) is 0 Å². The van der Waals surface area contributed by atoms with Gasteiger partial charge in [-0.25, -0.2) is 0 Å². The molecule has 4 rings (SSSR count). The third kappa shape index (κ3) is 7.24. The Morgan fingerprint density at radius 1 is 0.875 bits per heavy atom. The lowest BCUT2D eigenvalue weighted by Gasteiger charge is -2.32. The maximum atomic E-state index is 13.8. The van der Waals surface area contributed by atoms with E-state index in [0.717, 1.165) is 28.4 Å². The Morgan fingerprint density at radius 3 is 2.17 bits per heavy atom. The molecule has 0 unspecified atom stereocenters.